The van der Waals surface area contributed by atoms with E-state index in [0.717, 1.165) is 30.6 Å². The summed E-state index contributed by atoms with van der Waals surface area (Å²) in [4.78, 5) is 21.9. The highest BCUT2D eigenvalue weighted by atomic mass is 35.5. The molecule has 0 bridgehead atoms. The number of rotatable bonds is 13. The highest BCUT2D eigenvalue weighted by molar-refractivity contribution is 6.32. The van der Waals surface area contributed by atoms with Crippen molar-refractivity contribution < 1.29 is 38.7 Å². The molecular formula is C26H33Cl2NO8. The number of carbonyl (C=O) groups is 2. The number of aryl methyl sites for hydroxylation is 1. The quantitative estimate of drug-likeness (QED) is 0.148. The first-order valence-corrected chi connectivity index (χ1v) is 12.4. The Kier molecular flexibility index (Phi) is 12.1. The van der Waals surface area contributed by atoms with E-state index in [1.807, 2.05) is 49.4 Å². The Hall–Kier alpha value is -2.88. The molecule has 0 spiro atoms. The van der Waals surface area contributed by atoms with E-state index in [1.54, 1.807) is 0 Å². The molecular weight excluding hydrogens is 525 g/mol. The number of hydrogen-bond donors (Lipinski definition) is 3. The fourth-order valence-corrected chi connectivity index (χ4v) is 4.49. The number of nitrogens with one attached hydrogen (secondary N) is 1. The number of halogens is 2. The van der Waals surface area contributed by atoms with E-state index in [0.29, 0.717) is 37.0 Å². The second kappa shape index (κ2) is 14.8. The number of unbranched alkanes of at least 4 members (excludes halogenated alkanes) is 1. The number of hydrogen-bond acceptors (Lipinski definition) is 7. The molecule has 0 saturated heterocycles. The molecule has 0 aromatic heterocycles. The molecule has 3 rings (SSSR count). The Morgan fingerprint density at radius 3 is 2.32 bits per heavy atom. The summed E-state index contributed by atoms with van der Waals surface area (Å²) in [6.07, 6.45) is 0.501. The van der Waals surface area contributed by atoms with E-state index in [-0.39, 0.29) is 31.3 Å². The minimum atomic E-state index is -1.66. The lowest BCUT2D eigenvalue weighted by molar-refractivity contribution is -0.177. The zero-order valence-electron chi connectivity index (χ0n) is 20.6. The highest BCUT2D eigenvalue weighted by Crippen LogP contribution is 2.35. The molecule has 2 aromatic rings. The SMILES string of the molecule is CCOc1ccc(CCCCOc2ccc(CNC3CCC(OC(=O)O)(OC(=O)O)C3)cc2)cc1Cl.Cl. The van der Waals surface area contributed by atoms with Crippen LogP contribution in [0.15, 0.2) is 42.5 Å². The summed E-state index contributed by atoms with van der Waals surface area (Å²) in [5.74, 6) is -0.167. The van der Waals surface area contributed by atoms with Gasteiger partial charge in [-0.25, -0.2) is 9.59 Å². The molecule has 1 saturated carbocycles. The molecule has 0 aliphatic heterocycles. The third-order valence-corrected chi connectivity index (χ3v) is 6.22. The Labute approximate surface area is 227 Å². The van der Waals surface area contributed by atoms with Gasteiger partial charge in [0.25, 0.3) is 5.79 Å². The Morgan fingerprint density at radius 2 is 1.70 bits per heavy atom. The minimum Gasteiger partial charge on any atom is -0.494 e. The van der Waals surface area contributed by atoms with Gasteiger partial charge in [-0.1, -0.05) is 29.8 Å². The van der Waals surface area contributed by atoms with Crippen LogP contribution in [0.5, 0.6) is 11.5 Å². The van der Waals surface area contributed by atoms with Crippen molar-refractivity contribution in [2.75, 3.05) is 13.2 Å². The van der Waals surface area contributed by atoms with Crippen molar-refractivity contribution >= 4 is 36.3 Å². The lowest BCUT2D eigenvalue weighted by Gasteiger charge is -2.26. The molecule has 0 heterocycles. The molecule has 1 unspecified atom stereocenters. The van der Waals surface area contributed by atoms with Crippen molar-refractivity contribution in [3.8, 4) is 11.5 Å². The molecule has 37 heavy (non-hydrogen) atoms. The van der Waals surface area contributed by atoms with Gasteiger partial charge in [0.1, 0.15) is 11.5 Å². The van der Waals surface area contributed by atoms with E-state index < -0.39 is 18.1 Å². The lowest BCUT2D eigenvalue weighted by Crippen LogP contribution is -2.39. The van der Waals surface area contributed by atoms with Gasteiger partial charge < -0.3 is 34.5 Å². The zero-order chi connectivity index (χ0) is 26.0. The monoisotopic (exact) mass is 557 g/mol. The molecule has 1 aliphatic carbocycles. The standard InChI is InChI=1S/C26H32ClNO8.ClH/c1-2-33-23-11-8-18(15-22(23)27)5-3-4-14-34-21-9-6-19(7-10-21)17-28-20-12-13-26(16-20,35-24(29)30)36-25(31)32;/h6-11,15,20,28H,2-5,12-14,16-17H2,1H3,(H,29,30)(H,31,32);1H. The Bertz CT molecular complexity index is 1000. The van der Waals surface area contributed by atoms with Crippen LogP contribution in [0.3, 0.4) is 0 Å². The third kappa shape index (κ3) is 9.83. The van der Waals surface area contributed by atoms with Gasteiger partial charge in [0.05, 0.1) is 18.2 Å². The summed E-state index contributed by atoms with van der Waals surface area (Å²) in [6.45, 7) is 3.66. The molecule has 1 aliphatic rings. The maximum absolute atomic E-state index is 10.9. The average Bonchev–Trinajstić information content (AvgIpc) is 3.21. The maximum Gasteiger partial charge on any atom is 0.509 e. The fourth-order valence-electron chi connectivity index (χ4n) is 4.23. The molecule has 11 heteroatoms. The van der Waals surface area contributed by atoms with Gasteiger partial charge in [-0.05, 0) is 68.0 Å². The van der Waals surface area contributed by atoms with Gasteiger partial charge in [-0.3, -0.25) is 0 Å². The predicted octanol–water partition coefficient (Wildman–Crippen LogP) is 6.29. The number of benzene rings is 2. The largest absolute Gasteiger partial charge is 0.509 e. The van der Waals surface area contributed by atoms with Crippen molar-refractivity contribution in [1.82, 2.24) is 5.32 Å². The van der Waals surface area contributed by atoms with Crippen LogP contribution in [0.1, 0.15) is 50.2 Å². The molecule has 0 radical (unpaired) electrons. The molecule has 1 fully saturated rings. The lowest BCUT2D eigenvalue weighted by atomic mass is 10.1. The average molecular weight is 558 g/mol. The Balaban J connectivity index is 0.00000481. The van der Waals surface area contributed by atoms with E-state index >= 15 is 0 Å². The third-order valence-electron chi connectivity index (χ3n) is 5.92. The summed E-state index contributed by atoms with van der Waals surface area (Å²) in [5.41, 5.74) is 2.19. The van der Waals surface area contributed by atoms with Gasteiger partial charge in [-0.15, -0.1) is 12.4 Å². The molecule has 1 atom stereocenters. The van der Waals surface area contributed by atoms with Crippen molar-refractivity contribution in [1.29, 1.82) is 0 Å². The van der Waals surface area contributed by atoms with Gasteiger partial charge >= 0.3 is 12.3 Å². The van der Waals surface area contributed by atoms with E-state index in [4.69, 9.17) is 40.8 Å². The fraction of sp³-hybridized carbons (Fsp3) is 0.462. The van der Waals surface area contributed by atoms with Crippen LogP contribution in [0.25, 0.3) is 0 Å². The molecule has 9 nitrogen and oxygen atoms in total. The van der Waals surface area contributed by atoms with E-state index in [1.165, 1.54) is 5.56 Å². The number of ether oxygens (including phenoxy) is 4. The van der Waals surface area contributed by atoms with Crippen molar-refractivity contribution in [3.63, 3.8) is 0 Å². The molecule has 204 valence electrons. The first-order chi connectivity index (χ1) is 17.3. The first kappa shape index (κ1) is 30.3. The minimum absolute atomic E-state index is 0. The molecule has 3 N–H and O–H groups in total. The first-order valence-electron chi connectivity index (χ1n) is 12.0. The van der Waals surface area contributed by atoms with Crippen LogP contribution in [-0.4, -0.2) is 47.6 Å². The molecule has 2 aromatic carbocycles. The smallest absolute Gasteiger partial charge is 0.494 e. The van der Waals surface area contributed by atoms with Crippen LogP contribution >= 0.6 is 24.0 Å². The second-order valence-electron chi connectivity index (χ2n) is 8.61. The van der Waals surface area contributed by atoms with Crippen molar-refractivity contribution in [3.05, 3.63) is 58.6 Å². The van der Waals surface area contributed by atoms with Gasteiger partial charge in [0, 0.05) is 25.4 Å². The second-order valence-corrected chi connectivity index (χ2v) is 9.02. The molecule has 0 amide bonds. The zero-order valence-corrected chi connectivity index (χ0v) is 22.2. The number of carboxylic acid groups (broad SMARTS) is 2. The summed E-state index contributed by atoms with van der Waals surface area (Å²) < 4.78 is 20.8. The summed E-state index contributed by atoms with van der Waals surface area (Å²) >= 11 is 6.24. The van der Waals surface area contributed by atoms with Crippen LogP contribution < -0.4 is 14.8 Å². The van der Waals surface area contributed by atoms with Crippen LogP contribution in [-0.2, 0) is 22.4 Å². The van der Waals surface area contributed by atoms with Crippen LogP contribution in [0.2, 0.25) is 5.02 Å². The van der Waals surface area contributed by atoms with Gasteiger partial charge in [0.2, 0.25) is 0 Å². The van der Waals surface area contributed by atoms with Crippen LogP contribution in [0, 0.1) is 0 Å². The predicted molar refractivity (Wildman–Crippen MR) is 140 cm³/mol. The summed E-state index contributed by atoms with van der Waals surface area (Å²) in [6, 6.07) is 13.5. The normalized spacial score (nSPS) is 15.9. The van der Waals surface area contributed by atoms with E-state index in [9.17, 15) is 9.59 Å². The van der Waals surface area contributed by atoms with E-state index in [2.05, 4.69) is 5.32 Å². The van der Waals surface area contributed by atoms with Crippen LogP contribution in [0.4, 0.5) is 9.59 Å². The topological polar surface area (TPSA) is 124 Å². The van der Waals surface area contributed by atoms with Gasteiger partial charge in [-0.2, -0.15) is 0 Å². The van der Waals surface area contributed by atoms with Crippen molar-refractivity contribution in [2.24, 2.45) is 0 Å². The summed E-state index contributed by atoms with van der Waals surface area (Å²) in [5, 5.41) is 21.8. The summed E-state index contributed by atoms with van der Waals surface area (Å²) in [7, 11) is 0. The maximum atomic E-state index is 10.9. The van der Waals surface area contributed by atoms with Gasteiger partial charge in [0.15, 0.2) is 0 Å². The van der Waals surface area contributed by atoms with Crippen molar-refractivity contribution in [2.45, 2.75) is 63.8 Å². The highest BCUT2D eigenvalue weighted by Gasteiger charge is 2.46. The Morgan fingerprint density at radius 1 is 1.03 bits per heavy atom.